The molecule has 3 aromatic rings. The highest BCUT2D eigenvalue weighted by atomic mass is 127. The molecule has 3 aromatic carbocycles. The summed E-state index contributed by atoms with van der Waals surface area (Å²) in [5.74, 6) is 0. The van der Waals surface area contributed by atoms with Gasteiger partial charge in [0, 0.05) is 16.1 Å². The quantitative estimate of drug-likeness (QED) is 0.252. The number of halogens is 4. The lowest BCUT2D eigenvalue weighted by Crippen LogP contribution is -1.89. The maximum Gasteiger partial charge on any atom is 0.0261 e. The third-order valence-corrected chi connectivity index (χ3v) is 6.58. The van der Waals surface area contributed by atoms with E-state index in [2.05, 4.69) is 138 Å². The molecule has 0 nitrogen and oxygen atoms in total. The molecule has 0 aliphatic rings. The Bertz CT molecular complexity index is 773. The summed E-state index contributed by atoms with van der Waals surface area (Å²) in [5.41, 5.74) is 4.88. The SMILES string of the molecule is Brc1cc(-c2ccccc2I)c(Br)cc1-c1ccccc1I. The normalized spacial score (nSPS) is 10.7. The van der Waals surface area contributed by atoms with Crippen LogP contribution in [0, 0.1) is 7.14 Å². The van der Waals surface area contributed by atoms with Gasteiger partial charge in [-0.05, 0) is 91.7 Å². The van der Waals surface area contributed by atoms with Crippen LogP contribution in [-0.2, 0) is 0 Å². The molecule has 0 atom stereocenters. The van der Waals surface area contributed by atoms with Crippen molar-refractivity contribution in [3.8, 4) is 22.3 Å². The Morgan fingerprint density at radius 3 is 1.27 bits per heavy atom. The van der Waals surface area contributed by atoms with Gasteiger partial charge in [0.25, 0.3) is 0 Å². The molecular formula is C18H10Br2I2. The topological polar surface area (TPSA) is 0 Å². The first-order chi connectivity index (χ1) is 10.6. The van der Waals surface area contributed by atoms with E-state index < -0.39 is 0 Å². The minimum atomic E-state index is 1.11. The molecule has 0 aromatic heterocycles. The van der Waals surface area contributed by atoms with Gasteiger partial charge in [-0.25, -0.2) is 0 Å². The Labute approximate surface area is 174 Å². The zero-order chi connectivity index (χ0) is 15.7. The average Bonchev–Trinajstić information content (AvgIpc) is 2.51. The van der Waals surface area contributed by atoms with Gasteiger partial charge >= 0.3 is 0 Å². The summed E-state index contributed by atoms with van der Waals surface area (Å²) in [6.07, 6.45) is 0. The molecule has 0 bridgehead atoms. The van der Waals surface area contributed by atoms with Crippen LogP contribution in [0.4, 0.5) is 0 Å². The lowest BCUT2D eigenvalue weighted by atomic mass is 10.0. The first-order valence-corrected chi connectivity index (χ1v) is 10.3. The van der Waals surface area contributed by atoms with Gasteiger partial charge in [-0.15, -0.1) is 0 Å². The van der Waals surface area contributed by atoms with Crippen LogP contribution in [0.3, 0.4) is 0 Å². The largest absolute Gasteiger partial charge is 0.0616 e. The lowest BCUT2D eigenvalue weighted by Gasteiger charge is -2.13. The highest BCUT2D eigenvalue weighted by molar-refractivity contribution is 14.1. The number of benzene rings is 3. The zero-order valence-corrected chi connectivity index (χ0v) is 18.8. The van der Waals surface area contributed by atoms with E-state index in [-0.39, 0.29) is 0 Å². The molecule has 0 saturated heterocycles. The molecule has 4 heteroatoms. The van der Waals surface area contributed by atoms with Crippen LogP contribution in [0.25, 0.3) is 22.3 Å². The van der Waals surface area contributed by atoms with Crippen LogP contribution in [0.1, 0.15) is 0 Å². The highest BCUT2D eigenvalue weighted by Gasteiger charge is 2.13. The summed E-state index contributed by atoms with van der Waals surface area (Å²) in [6.45, 7) is 0. The minimum Gasteiger partial charge on any atom is -0.0616 e. The fourth-order valence-electron chi connectivity index (χ4n) is 2.32. The van der Waals surface area contributed by atoms with E-state index in [1.165, 1.54) is 29.4 Å². The Morgan fingerprint density at radius 2 is 0.909 bits per heavy atom. The molecule has 0 amide bonds. The first kappa shape index (κ1) is 16.9. The van der Waals surface area contributed by atoms with Gasteiger partial charge < -0.3 is 0 Å². The van der Waals surface area contributed by atoms with Gasteiger partial charge in [0.05, 0.1) is 0 Å². The lowest BCUT2D eigenvalue weighted by molar-refractivity contribution is 1.50. The second-order valence-electron chi connectivity index (χ2n) is 4.77. The van der Waals surface area contributed by atoms with Gasteiger partial charge in [0.2, 0.25) is 0 Å². The molecule has 0 fully saturated rings. The van der Waals surface area contributed by atoms with Crippen molar-refractivity contribution >= 4 is 77.0 Å². The van der Waals surface area contributed by atoms with Crippen molar-refractivity contribution < 1.29 is 0 Å². The van der Waals surface area contributed by atoms with E-state index in [9.17, 15) is 0 Å². The molecule has 3 rings (SSSR count). The van der Waals surface area contributed by atoms with E-state index in [0.29, 0.717) is 0 Å². The van der Waals surface area contributed by atoms with Gasteiger partial charge in [-0.3, -0.25) is 0 Å². The summed E-state index contributed by atoms with van der Waals surface area (Å²) in [5, 5.41) is 0. The number of hydrogen-bond acceptors (Lipinski definition) is 0. The Hall–Kier alpha value is 0.0800. The average molecular weight is 640 g/mol. The highest BCUT2D eigenvalue weighted by Crippen LogP contribution is 2.40. The van der Waals surface area contributed by atoms with Crippen molar-refractivity contribution in [1.82, 2.24) is 0 Å². The molecule has 0 unspecified atom stereocenters. The Balaban J connectivity index is 2.18. The van der Waals surface area contributed by atoms with Crippen molar-refractivity contribution in [2.24, 2.45) is 0 Å². The van der Waals surface area contributed by atoms with Gasteiger partial charge in [-0.2, -0.15) is 0 Å². The predicted octanol–water partition coefficient (Wildman–Crippen LogP) is 7.75. The van der Waals surface area contributed by atoms with Crippen LogP contribution < -0.4 is 0 Å². The van der Waals surface area contributed by atoms with Crippen molar-refractivity contribution in [2.75, 3.05) is 0 Å². The molecule has 22 heavy (non-hydrogen) atoms. The molecule has 0 radical (unpaired) electrons. The zero-order valence-electron chi connectivity index (χ0n) is 11.3. The third-order valence-electron chi connectivity index (χ3n) is 3.38. The van der Waals surface area contributed by atoms with Crippen LogP contribution in [0.5, 0.6) is 0 Å². The molecule has 0 heterocycles. The van der Waals surface area contributed by atoms with Crippen LogP contribution in [0.2, 0.25) is 0 Å². The summed E-state index contributed by atoms with van der Waals surface area (Å²) < 4.78 is 4.70. The fraction of sp³-hybridized carbons (Fsp3) is 0. The monoisotopic (exact) mass is 638 g/mol. The first-order valence-electron chi connectivity index (χ1n) is 6.57. The molecule has 0 N–H and O–H groups in total. The minimum absolute atomic E-state index is 1.11. The predicted molar refractivity (Wildman–Crippen MR) is 118 cm³/mol. The molecule has 0 aliphatic carbocycles. The van der Waals surface area contributed by atoms with E-state index >= 15 is 0 Å². The maximum absolute atomic E-state index is 3.75. The van der Waals surface area contributed by atoms with Crippen molar-refractivity contribution in [3.05, 3.63) is 76.7 Å². The van der Waals surface area contributed by atoms with Gasteiger partial charge in [0.15, 0.2) is 0 Å². The molecule has 0 spiro atoms. The number of rotatable bonds is 2. The van der Waals surface area contributed by atoms with Gasteiger partial charge in [-0.1, -0.05) is 68.3 Å². The van der Waals surface area contributed by atoms with E-state index in [1.807, 2.05) is 0 Å². The molecular weight excluding hydrogens is 630 g/mol. The second-order valence-corrected chi connectivity index (χ2v) is 8.80. The van der Waals surface area contributed by atoms with Crippen LogP contribution in [0.15, 0.2) is 69.6 Å². The van der Waals surface area contributed by atoms with E-state index in [0.717, 1.165) is 8.95 Å². The van der Waals surface area contributed by atoms with Crippen LogP contribution >= 0.6 is 77.0 Å². The third kappa shape index (κ3) is 3.44. The van der Waals surface area contributed by atoms with Crippen molar-refractivity contribution in [3.63, 3.8) is 0 Å². The van der Waals surface area contributed by atoms with E-state index in [4.69, 9.17) is 0 Å². The molecule has 0 saturated carbocycles. The van der Waals surface area contributed by atoms with Crippen molar-refractivity contribution in [2.45, 2.75) is 0 Å². The summed E-state index contributed by atoms with van der Waals surface area (Å²) in [6, 6.07) is 21.2. The Morgan fingerprint density at radius 1 is 0.545 bits per heavy atom. The molecule has 0 aliphatic heterocycles. The smallest absolute Gasteiger partial charge is 0.0261 e. The van der Waals surface area contributed by atoms with Crippen molar-refractivity contribution in [1.29, 1.82) is 0 Å². The molecule has 110 valence electrons. The summed E-state index contributed by atoms with van der Waals surface area (Å²) in [7, 11) is 0. The second kappa shape index (κ2) is 7.32. The summed E-state index contributed by atoms with van der Waals surface area (Å²) >= 11 is 12.3. The maximum atomic E-state index is 3.75. The summed E-state index contributed by atoms with van der Waals surface area (Å²) in [4.78, 5) is 0. The van der Waals surface area contributed by atoms with E-state index in [1.54, 1.807) is 0 Å². The Kier molecular flexibility index (Phi) is 5.63. The van der Waals surface area contributed by atoms with Crippen LogP contribution in [-0.4, -0.2) is 0 Å². The fourth-order valence-corrected chi connectivity index (χ4v) is 4.79. The van der Waals surface area contributed by atoms with Gasteiger partial charge in [0.1, 0.15) is 0 Å². The standard InChI is InChI=1S/C18H10Br2I2/c19-15-10-14(12-6-2-4-8-18(12)22)16(20)9-13(15)11-5-1-3-7-17(11)21/h1-10H. The number of hydrogen-bond donors (Lipinski definition) is 0.